The van der Waals surface area contributed by atoms with Crippen molar-refractivity contribution in [3.8, 4) is 0 Å². The highest BCUT2D eigenvalue weighted by Crippen LogP contribution is 2.27. The van der Waals surface area contributed by atoms with Crippen molar-refractivity contribution in [3.05, 3.63) is 35.4 Å². The SMILES string of the molecule is OCc1ccc(CNCC2(O)CCCCC2)cc1. The van der Waals surface area contributed by atoms with Crippen LogP contribution in [0.3, 0.4) is 0 Å². The van der Waals surface area contributed by atoms with Crippen molar-refractivity contribution < 1.29 is 10.2 Å². The van der Waals surface area contributed by atoms with E-state index in [1.807, 2.05) is 24.3 Å². The van der Waals surface area contributed by atoms with Crippen molar-refractivity contribution >= 4 is 0 Å². The molecule has 2 rings (SSSR count). The molecule has 1 fully saturated rings. The fourth-order valence-corrected chi connectivity index (χ4v) is 2.59. The number of rotatable bonds is 5. The highest BCUT2D eigenvalue weighted by atomic mass is 16.3. The molecule has 0 radical (unpaired) electrons. The Morgan fingerprint density at radius 2 is 1.61 bits per heavy atom. The minimum atomic E-state index is -0.497. The van der Waals surface area contributed by atoms with Gasteiger partial charge in [-0.15, -0.1) is 0 Å². The zero-order chi connectivity index (χ0) is 12.8. The van der Waals surface area contributed by atoms with Crippen LogP contribution in [-0.2, 0) is 13.2 Å². The van der Waals surface area contributed by atoms with Gasteiger partial charge in [0, 0.05) is 13.1 Å². The van der Waals surface area contributed by atoms with Crippen LogP contribution in [0.15, 0.2) is 24.3 Å². The van der Waals surface area contributed by atoms with Gasteiger partial charge in [0.15, 0.2) is 0 Å². The molecule has 18 heavy (non-hydrogen) atoms. The van der Waals surface area contributed by atoms with E-state index in [0.717, 1.165) is 37.8 Å². The van der Waals surface area contributed by atoms with Gasteiger partial charge in [-0.25, -0.2) is 0 Å². The molecule has 0 saturated heterocycles. The molecular weight excluding hydrogens is 226 g/mol. The molecule has 100 valence electrons. The second-order valence-corrected chi connectivity index (χ2v) is 5.36. The third kappa shape index (κ3) is 3.80. The molecule has 0 atom stereocenters. The van der Waals surface area contributed by atoms with Crippen molar-refractivity contribution in [2.75, 3.05) is 6.54 Å². The van der Waals surface area contributed by atoms with Crippen LogP contribution in [0.4, 0.5) is 0 Å². The van der Waals surface area contributed by atoms with Gasteiger partial charge in [-0.2, -0.15) is 0 Å². The second-order valence-electron chi connectivity index (χ2n) is 5.36. The van der Waals surface area contributed by atoms with Crippen molar-refractivity contribution in [2.45, 2.75) is 50.9 Å². The lowest BCUT2D eigenvalue weighted by molar-refractivity contribution is 0.00468. The first-order valence-corrected chi connectivity index (χ1v) is 6.84. The summed E-state index contributed by atoms with van der Waals surface area (Å²) in [4.78, 5) is 0. The third-order valence-corrected chi connectivity index (χ3v) is 3.77. The number of aliphatic hydroxyl groups excluding tert-OH is 1. The van der Waals surface area contributed by atoms with E-state index >= 15 is 0 Å². The molecule has 1 aromatic carbocycles. The summed E-state index contributed by atoms with van der Waals surface area (Å²) in [5, 5.41) is 22.6. The molecule has 3 nitrogen and oxygen atoms in total. The molecule has 1 aliphatic rings. The maximum atomic E-state index is 10.3. The fourth-order valence-electron chi connectivity index (χ4n) is 2.59. The number of hydrogen-bond acceptors (Lipinski definition) is 3. The predicted octanol–water partition coefficient (Wildman–Crippen LogP) is 1.96. The largest absolute Gasteiger partial charge is 0.392 e. The van der Waals surface area contributed by atoms with Gasteiger partial charge >= 0.3 is 0 Å². The summed E-state index contributed by atoms with van der Waals surface area (Å²) in [6.07, 6.45) is 5.38. The Kier molecular flexibility index (Phi) is 4.75. The van der Waals surface area contributed by atoms with Crippen LogP contribution < -0.4 is 5.32 Å². The van der Waals surface area contributed by atoms with E-state index in [1.165, 1.54) is 12.0 Å². The molecule has 1 aromatic rings. The zero-order valence-corrected chi connectivity index (χ0v) is 10.9. The Hall–Kier alpha value is -0.900. The minimum Gasteiger partial charge on any atom is -0.392 e. The van der Waals surface area contributed by atoms with Crippen molar-refractivity contribution in [1.29, 1.82) is 0 Å². The normalized spacial score (nSPS) is 18.8. The van der Waals surface area contributed by atoms with Crippen LogP contribution in [0, 0.1) is 0 Å². The van der Waals surface area contributed by atoms with Crippen LogP contribution in [0.2, 0.25) is 0 Å². The Morgan fingerprint density at radius 3 is 2.22 bits per heavy atom. The van der Waals surface area contributed by atoms with Gasteiger partial charge in [0.05, 0.1) is 12.2 Å². The zero-order valence-electron chi connectivity index (χ0n) is 10.9. The van der Waals surface area contributed by atoms with Crippen LogP contribution in [0.1, 0.15) is 43.2 Å². The molecule has 0 unspecified atom stereocenters. The van der Waals surface area contributed by atoms with E-state index in [-0.39, 0.29) is 6.61 Å². The summed E-state index contributed by atoms with van der Waals surface area (Å²) in [6.45, 7) is 1.54. The van der Waals surface area contributed by atoms with Gasteiger partial charge in [0.2, 0.25) is 0 Å². The quantitative estimate of drug-likeness (QED) is 0.748. The van der Waals surface area contributed by atoms with Gasteiger partial charge in [-0.1, -0.05) is 43.5 Å². The second kappa shape index (κ2) is 6.32. The van der Waals surface area contributed by atoms with E-state index in [0.29, 0.717) is 6.54 Å². The van der Waals surface area contributed by atoms with Crippen molar-refractivity contribution in [2.24, 2.45) is 0 Å². The lowest BCUT2D eigenvalue weighted by atomic mass is 9.85. The average molecular weight is 249 g/mol. The molecule has 0 bridgehead atoms. The third-order valence-electron chi connectivity index (χ3n) is 3.77. The fraction of sp³-hybridized carbons (Fsp3) is 0.600. The molecule has 1 aliphatic carbocycles. The van der Waals surface area contributed by atoms with Gasteiger partial charge < -0.3 is 15.5 Å². The first kappa shape index (κ1) is 13.5. The monoisotopic (exact) mass is 249 g/mol. The van der Waals surface area contributed by atoms with E-state index in [1.54, 1.807) is 0 Å². The number of benzene rings is 1. The van der Waals surface area contributed by atoms with Gasteiger partial charge in [0.1, 0.15) is 0 Å². The standard InChI is InChI=1S/C15H23NO2/c17-11-14-6-4-13(5-7-14)10-16-12-15(18)8-2-1-3-9-15/h4-7,16-18H,1-3,8-12H2. The summed E-state index contributed by atoms with van der Waals surface area (Å²) >= 11 is 0. The predicted molar refractivity (Wildman–Crippen MR) is 72.1 cm³/mol. The molecule has 3 heteroatoms. The first-order chi connectivity index (χ1) is 8.72. The van der Waals surface area contributed by atoms with Crippen LogP contribution in [-0.4, -0.2) is 22.4 Å². The van der Waals surface area contributed by atoms with Crippen molar-refractivity contribution in [1.82, 2.24) is 5.32 Å². The Balaban J connectivity index is 1.77. The van der Waals surface area contributed by atoms with Gasteiger partial charge in [-0.05, 0) is 24.0 Å². The summed E-state index contributed by atoms with van der Waals surface area (Å²) in [7, 11) is 0. The number of hydrogen-bond donors (Lipinski definition) is 3. The molecule has 3 N–H and O–H groups in total. The van der Waals surface area contributed by atoms with Crippen LogP contribution in [0.5, 0.6) is 0 Å². The molecule has 0 amide bonds. The molecule has 0 spiro atoms. The lowest BCUT2D eigenvalue weighted by Crippen LogP contribution is -2.41. The first-order valence-electron chi connectivity index (χ1n) is 6.84. The summed E-state index contributed by atoms with van der Waals surface area (Å²) in [5.74, 6) is 0. The molecule has 0 heterocycles. The molecule has 1 saturated carbocycles. The summed E-state index contributed by atoms with van der Waals surface area (Å²) in [6, 6.07) is 7.91. The Bertz CT molecular complexity index is 355. The number of aliphatic hydroxyl groups is 2. The lowest BCUT2D eigenvalue weighted by Gasteiger charge is -2.32. The van der Waals surface area contributed by atoms with E-state index in [4.69, 9.17) is 5.11 Å². The number of nitrogens with one attached hydrogen (secondary N) is 1. The summed E-state index contributed by atoms with van der Waals surface area (Å²) in [5.41, 5.74) is 1.62. The molecular formula is C15H23NO2. The molecule has 0 aliphatic heterocycles. The Morgan fingerprint density at radius 1 is 1.00 bits per heavy atom. The van der Waals surface area contributed by atoms with E-state index < -0.39 is 5.60 Å². The highest BCUT2D eigenvalue weighted by Gasteiger charge is 2.28. The highest BCUT2D eigenvalue weighted by molar-refractivity contribution is 5.21. The average Bonchev–Trinajstić information content (AvgIpc) is 2.40. The smallest absolute Gasteiger partial charge is 0.0771 e. The minimum absolute atomic E-state index is 0.0907. The van der Waals surface area contributed by atoms with Crippen LogP contribution >= 0.6 is 0 Å². The summed E-state index contributed by atoms with van der Waals surface area (Å²) < 4.78 is 0. The van der Waals surface area contributed by atoms with E-state index in [2.05, 4.69) is 5.32 Å². The van der Waals surface area contributed by atoms with Crippen molar-refractivity contribution in [3.63, 3.8) is 0 Å². The maximum absolute atomic E-state index is 10.3. The van der Waals surface area contributed by atoms with Gasteiger partial charge in [0.25, 0.3) is 0 Å². The topological polar surface area (TPSA) is 52.5 Å². The van der Waals surface area contributed by atoms with Crippen LogP contribution in [0.25, 0.3) is 0 Å². The Labute approximate surface area is 109 Å². The van der Waals surface area contributed by atoms with Gasteiger partial charge in [-0.3, -0.25) is 0 Å². The van der Waals surface area contributed by atoms with E-state index in [9.17, 15) is 5.11 Å². The maximum Gasteiger partial charge on any atom is 0.0771 e. The molecule has 0 aromatic heterocycles.